The van der Waals surface area contributed by atoms with Crippen molar-refractivity contribution in [3.05, 3.63) is 198 Å². The molecule has 4 nitrogen and oxygen atoms in total. The number of fused-ring (bicyclic) bond motifs is 3. The maximum absolute atomic E-state index is 5.36. The second kappa shape index (κ2) is 18.6. The molecule has 1 aliphatic heterocycles. The average Bonchev–Trinajstić information content (AvgIpc) is 3.88. The number of anilines is 2. The van der Waals surface area contributed by atoms with Crippen molar-refractivity contribution in [2.75, 3.05) is 9.91 Å². The Kier molecular flexibility index (Phi) is 13.4. The number of benzene rings is 7. The maximum atomic E-state index is 5.36. The number of hydrogen-bond acceptors (Lipinski definition) is 3. The van der Waals surface area contributed by atoms with Gasteiger partial charge in [0.15, 0.2) is 0 Å². The van der Waals surface area contributed by atoms with E-state index in [-0.39, 0.29) is 33.2 Å². The molecule has 0 spiro atoms. The first-order chi connectivity index (χ1) is 29.7. The first-order valence-corrected chi connectivity index (χ1v) is 22.1. The van der Waals surface area contributed by atoms with Crippen molar-refractivity contribution in [1.82, 2.24) is 4.98 Å². The van der Waals surface area contributed by atoms with E-state index in [2.05, 4.69) is 250 Å². The van der Waals surface area contributed by atoms with Gasteiger partial charge < -0.3 is 14.9 Å². The summed E-state index contributed by atoms with van der Waals surface area (Å²) in [6, 6.07) is 58.5. The fourth-order valence-electron chi connectivity index (χ4n) is 8.44. The zero-order chi connectivity index (χ0) is 43.8. The molecule has 325 valence electrons. The van der Waals surface area contributed by atoms with Crippen molar-refractivity contribution >= 4 is 39.0 Å². The van der Waals surface area contributed by atoms with E-state index in [1.54, 1.807) is 0 Å². The number of hydrogen-bond donors (Lipinski definition) is 0. The van der Waals surface area contributed by atoms with Gasteiger partial charge in [-0.1, -0.05) is 233 Å². The summed E-state index contributed by atoms with van der Waals surface area (Å²) in [5, 5.41) is 10.0. The summed E-state index contributed by atoms with van der Waals surface area (Å²) in [5.41, 5.74) is 15.9. The van der Waals surface area contributed by atoms with Crippen LogP contribution in [0.2, 0.25) is 0 Å². The van der Waals surface area contributed by atoms with Crippen LogP contribution in [0, 0.1) is 6.67 Å². The first kappa shape index (κ1) is 45.4. The predicted molar refractivity (Wildman–Crippen MR) is 266 cm³/mol. The van der Waals surface area contributed by atoms with E-state index in [4.69, 9.17) is 10.1 Å². The number of nitrogens with zero attached hydrogens (tertiary/aromatic N) is 4. The molecular weight excluding hydrogens is 950 g/mol. The third-order valence-electron chi connectivity index (χ3n) is 12.0. The number of amidine groups is 1. The average molecular weight is 1010 g/mol. The van der Waals surface area contributed by atoms with Crippen LogP contribution in [0.25, 0.3) is 44.1 Å². The predicted octanol–water partition coefficient (Wildman–Crippen LogP) is 15.6. The van der Waals surface area contributed by atoms with E-state index in [0.717, 1.165) is 39.2 Å². The van der Waals surface area contributed by atoms with E-state index >= 15 is 0 Å². The fourth-order valence-corrected chi connectivity index (χ4v) is 8.44. The summed E-state index contributed by atoms with van der Waals surface area (Å²) in [6.07, 6.45) is 0. The van der Waals surface area contributed by atoms with E-state index in [1.165, 1.54) is 49.8 Å². The molecule has 1 aromatic heterocycles. The molecule has 0 saturated carbocycles. The van der Waals surface area contributed by atoms with Crippen LogP contribution >= 0.6 is 0 Å². The molecule has 0 fully saturated rings. The summed E-state index contributed by atoms with van der Waals surface area (Å²) in [6.45, 7) is 24.7. The molecule has 1 radical (unpaired) electrons. The molecule has 0 N–H and O–H groups in total. The molecule has 5 heteroatoms. The number of para-hydroxylation sites is 2. The van der Waals surface area contributed by atoms with Crippen LogP contribution in [0.1, 0.15) is 109 Å². The minimum absolute atomic E-state index is 0. The van der Waals surface area contributed by atoms with Gasteiger partial charge in [0.05, 0.1) is 0 Å². The van der Waals surface area contributed by atoms with Crippen molar-refractivity contribution in [3.63, 3.8) is 0 Å². The Balaban J connectivity index is 0.000000228. The second-order valence-corrected chi connectivity index (χ2v) is 19.2. The number of rotatable bonds is 7. The maximum Gasteiger partial charge on any atom is 0.129 e. The van der Waals surface area contributed by atoms with Crippen molar-refractivity contribution in [3.8, 4) is 22.3 Å². The number of aromatic nitrogens is 1. The zero-order valence-corrected chi connectivity index (χ0v) is 40.6. The van der Waals surface area contributed by atoms with Gasteiger partial charge in [-0.2, -0.15) is 5.10 Å². The minimum atomic E-state index is 0. The molecule has 7 aromatic carbocycles. The van der Waals surface area contributed by atoms with E-state index in [0.29, 0.717) is 11.8 Å². The van der Waals surface area contributed by atoms with Gasteiger partial charge in [0.25, 0.3) is 0 Å². The molecule has 8 aromatic rings. The topological polar surface area (TPSA) is 32.9 Å². The number of hydrazone groups is 1. The normalized spacial score (nSPS) is 13.0. The third kappa shape index (κ3) is 9.50. The Bertz CT molecular complexity index is 2690. The summed E-state index contributed by atoms with van der Waals surface area (Å²) < 4.78 is 0. The summed E-state index contributed by atoms with van der Waals surface area (Å²) in [7, 11) is 0. The van der Waals surface area contributed by atoms with Gasteiger partial charge in [0, 0.05) is 50.4 Å². The quantitative estimate of drug-likeness (QED) is 0.118. The van der Waals surface area contributed by atoms with Crippen LogP contribution in [0.4, 0.5) is 11.4 Å². The first-order valence-electron chi connectivity index (χ1n) is 22.1. The Morgan fingerprint density at radius 1 is 0.476 bits per heavy atom. The Hall–Kier alpha value is -5.65. The van der Waals surface area contributed by atoms with Crippen LogP contribution in [-0.2, 0) is 33.2 Å². The molecule has 0 atom stereocenters. The van der Waals surface area contributed by atoms with Gasteiger partial charge in [-0.3, -0.25) is 0 Å². The molecule has 2 heterocycles. The third-order valence-corrected chi connectivity index (χ3v) is 12.0. The van der Waals surface area contributed by atoms with Crippen molar-refractivity contribution in [1.29, 1.82) is 0 Å². The minimum Gasteiger partial charge on any atom is -0.657 e. The van der Waals surface area contributed by atoms with Crippen LogP contribution in [0.3, 0.4) is 0 Å². The second-order valence-electron chi connectivity index (χ2n) is 19.2. The molecule has 9 rings (SSSR count). The summed E-state index contributed by atoms with van der Waals surface area (Å²) in [5.74, 6) is 1.62. The van der Waals surface area contributed by atoms with E-state index in [1.807, 2.05) is 0 Å². The van der Waals surface area contributed by atoms with Gasteiger partial charge in [0.1, 0.15) is 5.84 Å². The Morgan fingerprint density at radius 2 is 0.889 bits per heavy atom. The van der Waals surface area contributed by atoms with Gasteiger partial charge in [0.2, 0.25) is 0 Å². The molecular formula is C58H60AuN4-2. The monoisotopic (exact) mass is 1010 g/mol. The van der Waals surface area contributed by atoms with Gasteiger partial charge in [-0.05, 0) is 66.8 Å². The summed E-state index contributed by atoms with van der Waals surface area (Å²) in [4.78, 5) is 7.16. The van der Waals surface area contributed by atoms with Crippen molar-refractivity contribution in [2.24, 2.45) is 5.10 Å². The van der Waals surface area contributed by atoms with E-state index < -0.39 is 0 Å². The standard InChI is InChI=1S/C38H36N3.C20H24N.Au/c1-27(2)32-22-14-23-33(28(3)4)37(32)41-26-40(38(39-41)31-20-12-7-13-21-31)36-34(29-16-8-5-9-17-29)24-15-25-35(36)30-18-10-6-11-19-30;1-19(2,3)13-7-9-15-16-10-8-14(20(4,5)6)12-18(16)21-17(15)11-13;/h5-28H,1-4H3;7-12H,1-6H3;/q2*-1;. The molecule has 0 bridgehead atoms. The SMILES string of the molecule is CC(C)(C)c1ccc2c(c1)[n-]c1cc(C(C)(C)C)ccc12.CC(C)c1cccc(C(C)C)c1N1[CH-]N(c2c(-c3ccccc3)cccc2-c2ccccc2)C(c2ccccc2)=N1.[Au]. The summed E-state index contributed by atoms with van der Waals surface area (Å²) >= 11 is 0. The molecule has 0 aliphatic carbocycles. The Morgan fingerprint density at radius 3 is 1.30 bits per heavy atom. The van der Waals surface area contributed by atoms with Gasteiger partial charge >= 0.3 is 0 Å². The van der Waals surface area contributed by atoms with Crippen molar-refractivity contribution < 1.29 is 22.4 Å². The van der Waals surface area contributed by atoms with Crippen LogP contribution in [0.15, 0.2) is 169 Å². The smallest absolute Gasteiger partial charge is 0.129 e. The molecule has 1 aliphatic rings. The molecule has 0 saturated heterocycles. The van der Waals surface area contributed by atoms with Crippen LogP contribution < -0.4 is 14.9 Å². The van der Waals surface area contributed by atoms with E-state index in [9.17, 15) is 0 Å². The largest absolute Gasteiger partial charge is 0.657 e. The van der Waals surface area contributed by atoms with Crippen LogP contribution in [-0.4, -0.2) is 5.84 Å². The van der Waals surface area contributed by atoms with Crippen LogP contribution in [0.5, 0.6) is 0 Å². The zero-order valence-electron chi connectivity index (χ0n) is 38.4. The van der Waals surface area contributed by atoms with Gasteiger partial charge in [-0.25, -0.2) is 0 Å². The Labute approximate surface area is 391 Å². The van der Waals surface area contributed by atoms with Gasteiger partial charge in [-0.15, -0.1) is 17.7 Å². The van der Waals surface area contributed by atoms with Crippen molar-refractivity contribution in [2.45, 2.75) is 91.9 Å². The fraction of sp³-hybridized carbons (Fsp3) is 0.241. The molecule has 0 amide bonds. The molecule has 0 unspecified atom stereocenters. The molecule has 63 heavy (non-hydrogen) atoms.